The molecule has 0 radical (unpaired) electrons. The highest BCUT2D eigenvalue weighted by molar-refractivity contribution is 6.07. The van der Waals surface area contributed by atoms with Gasteiger partial charge in [0.2, 0.25) is 5.91 Å². The van der Waals surface area contributed by atoms with Gasteiger partial charge < -0.3 is 15.3 Å². The number of hydrogen-bond donors (Lipinski definition) is 3. The van der Waals surface area contributed by atoms with Gasteiger partial charge in [0.15, 0.2) is 0 Å². The molecule has 4 amide bonds. The number of amides is 4. The van der Waals surface area contributed by atoms with Crippen LogP contribution in [-0.4, -0.2) is 51.4 Å². The molecule has 1 aliphatic rings. The normalized spacial score (nSPS) is 17.6. The Labute approximate surface area is 122 Å². The van der Waals surface area contributed by atoms with E-state index in [2.05, 4.69) is 10.6 Å². The Bertz CT molecular complexity index is 484. The summed E-state index contributed by atoms with van der Waals surface area (Å²) in [7, 11) is 0. The van der Waals surface area contributed by atoms with Gasteiger partial charge in [-0.1, -0.05) is 0 Å². The molecule has 8 heteroatoms. The zero-order valence-electron chi connectivity index (χ0n) is 12.6. The van der Waals surface area contributed by atoms with Crippen LogP contribution in [0.5, 0.6) is 0 Å². The lowest BCUT2D eigenvalue weighted by atomic mass is 9.98. The SMILES string of the molecule is CC(C)(CCC(=O)O)NC(=O)CN1C(=O)NC(=O)C1(C)C. The van der Waals surface area contributed by atoms with E-state index in [-0.39, 0.29) is 19.4 Å². The first-order chi connectivity index (χ1) is 9.45. The number of carbonyl (C=O) groups excluding carboxylic acids is 3. The molecule has 0 atom stereocenters. The smallest absolute Gasteiger partial charge is 0.325 e. The standard InChI is InChI=1S/C13H21N3O5/c1-12(2,6-5-9(18)19)15-8(17)7-16-11(21)14-10(20)13(16,3)4/h5-7H2,1-4H3,(H,15,17)(H,18,19)(H,14,20,21). The molecule has 0 spiro atoms. The van der Waals surface area contributed by atoms with Crippen LogP contribution in [0, 0.1) is 0 Å². The average molecular weight is 299 g/mol. The third-order valence-corrected chi connectivity index (χ3v) is 3.44. The van der Waals surface area contributed by atoms with E-state index >= 15 is 0 Å². The summed E-state index contributed by atoms with van der Waals surface area (Å²) in [5.74, 6) is -1.84. The number of nitrogens with one attached hydrogen (secondary N) is 2. The number of nitrogens with zero attached hydrogens (tertiary/aromatic N) is 1. The molecule has 3 N–H and O–H groups in total. The molecular formula is C13H21N3O5. The summed E-state index contributed by atoms with van der Waals surface area (Å²) in [6, 6.07) is -0.608. The number of carboxylic acids is 1. The quantitative estimate of drug-likeness (QED) is 0.600. The maximum absolute atomic E-state index is 12.0. The molecule has 1 rings (SSSR count). The van der Waals surface area contributed by atoms with Crippen LogP contribution in [-0.2, 0) is 14.4 Å². The van der Waals surface area contributed by atoms with Crippen LogP contribution in [0.15, 0.2) is 0 Å². The van der Waals surface area contributed by atoms with Crippen molar-refractivity contribution < 1.29 is 24.3 Å². The van der Waals surface area contributed by atoms with Crippen molar-refractivity contribution in [1.29, 1.82) is 0 Å². The molecule has 0 aromatic carbocycles. The second kappa shape index (κ2) is 5.71. The predicted molar refractivity (Wildman–Crippen MR) is 73.4 cm³/mol. The van der Waals surface area contributed by atoms with Gasteiger partial charge >= 0.3 is 12.0 Å². The highest BCUT2D eigenvalue weighted by atomic mass is 16.4. The van der Waals surface area contributed by atoms with Gasteiger partial charge in [0.25, 0.3) is 5.91 Å². The average Bonchev–Trinajstić information content (AvgIpc) is 2.49. The summed E-state index contributed by atoms with van der Waals surface area (Å²) >= 11 is 0. The van der Waals surface area contributed by atoms with E-state index in [1.165, 1.54) is 0 Å². The summed E-state index contributed by atoms with van der Waals surface area (Å²) in [6.45, 7) is 6.25. The number of carboxylic acid groups (broad SMARTS) is 1. The fraction of sp³-hybridized carbons (Fsp3) is 0.692. The minimum Gasteiger partial charge on any atom is -0.481 e. The molecule has 118 valence electrons. The summed E-state index contributed by atoms with van der Waals surface area (Å²) < 4.78 is 0. The molecule has 1 aliphatic heterocycles. The summed E-state index contributed by atoms with van der Waals surface area (Å²) in [5, 5.41) is 13.5. The fourth-order valence-electron chi connectivity index (χ4n) is 2.01. The lowest BCUT2D eigenvalue weighted by molar-refractivity contribution is -0.138. The Morgan fingerprint density at radius 3 is 2.33 bits per heavy atom. The Hall–Kier alpha value is -2.12. The van der Waals surface area contributed by atoms with Gasteiger partial charge in [0.1, 0.15) is 12.1 Å². The number of imide groups is 1. The molecule has 8 nitrogen and oxygen atoms in total. The summed E-state index contributed by atoms with van der Waals surface area (Å²) in [5.41, 5.74) is -1.79. The maximum atomic E-state index is 12.0. The topological polar surface area (TPSA) is 116 Å². The largest absolute Gasteiger partial charge is 0.481 e. The van der Waals surface area contributed by atoms with Crippen LogP contribution in [0.4, 0.5) is 4.79 Å². The third-order valence-electron chi connectivity index (χ3n) is 3.44. The lowest BCUT2D eigenvalue weighted by Gasteiger charge is -2.30. The van der Waals surface area contributed by atoms with Gasteiger partial charge in [-0.15, -0.1) is 0 Å². The van der Waals surface area contributed by atoms with Gasteiger partial charge in [-0.05, 0) is 34.1 Å². The van der Waals surface area contributed by atoms with E-state index in [9.17, 15) is 19.2 Å². The van der Waals surface area contributed by atoms with Crippen molar-refractivity contribution in [2.75, 3.05) is 6.54 Å². The van der Waals surface area contributed by atoms with Crippen molar-refractivity contribution in [2.24, 2.45) is 0 Å². The van der Waals surface area contributed by atoms with Crippen LogP contribution in [0.1, 0.15) is 40.5 Å². The van der Waals surface area contributed by atoms with Crippen molar-refractivity contribution in [3.63, 3.8) is 0 Å². The molecule has 0 aromatic rings. The van der Waals surface area contributed by atoms with Gasteiger partial charge in [0, 0.05) is 12.0 Å². The first kappa shape index (κ1) is 16.9. The highest BCUT2D eigenvalue weighted by Crippen LogP contribution is 2.20. The van der Waals surface area contributed by atoms with Crippen molar-refractivity contribution in [2.45, 2.75) is 51.6 Å². The Morgan fingerprint density at radius 1 is 1.33 bits per heavy atom. The summed E-state index contributed by atoms with van der Waals surface area (Å²) in [6.07, 6.45) is 0.198. The number of urea groups is 1. The van der Waals surface area contributed by atoms with Crippen molar-refractivity contribution in [1.82, 2.24) is 15.5 Å². The predicted octanol–water partition coefficient (Wildman–Crippen LogP) is 0.0764. The number of rotatable bonds is 6. The molecular weight excluding hydrogens is 278 g/mol. The molecule has 1 heterocycles. The number of carbonyl (C=O) groups is 4. The summed E-state index contributed by atoms with van der Waals surface area (Å²) in [4.78, 5) is 47.0. The third kappa shape index (κ3) is 4.17. The minimum absolute atomic E-state index is 0.0680. The number of aliphatic carboxylic acids is 1. The Balaban J connectivity index is 2.63. The molecule has 0 saturated carbocycles. The second-order valence-corrected chi connectivity index (χ2v) is 6.23. The van der Waals surface area contributed by atoms with Gasteiger partial charge in [-0.2, -0.15) is 0 Å². The van der Waals surface area contributed by atoms with Gasteiger partial charge in [-0.3, -0.25) is 19.7 Å². The van der Waals surface area contributed by atoms with E-state index in [0.717, 1.165) is 4.90 Å². The Morgan fingerprint density at radius 2 is 1.90 bits per heavy atom. The number of hydrogen-bond acceptors (Lipinski definition) is 4. The van der Waals surface area contributed by atoms with E-state index in [4.69, 9.17) is 5.11 Å². The van der Waals surface area contributed by atoms with E-state index in [1.807, 2.05) is 0 Å². The molecule has 0 bridgehead atoms. The van der Waals surface area contributed by atoms with Crippen LogP contribution in [0.3, 0.4) is 0 Å². The van der Waals surface area contributed by atoms with E-state index in [1.54, 1.807) is 27.7 Å². The van der Waals surface area contributed by atoms with Crippen molar-refractivity contribution >= 4 is 23.8 Å². The maximum Gasteiger partial charge on any atom is 0.325 e. The fourth-order valence-corrected chi connectivity index (χ4v) is 2.01. The molecule has 0 unspecified atom stereocenters. The van der Waals surface area contributed by atoms with Crippen LogP contribution < -0.4 is 10.6 Å². The first-order valence-electron chi connectivity index (χ1n) is 6.61. The zero-order valence-corrected chi connectivity index (χ0v) is 12.6. The van der Waals surface area contributed by atoms with Crippen LogP contribution in [0.25, 0.3) is 0 Å². The molecule has 0 aliphatic carbocycles. The van der Waals surface area contributed by atoms with E-state index in [0.29, 0.717) is 0 Å². The first-order valence-corrected chi connectivity index (χ1v) is 6.61. The van der Waals surface area contributed by atoms with Crippen LogP contribution in [0.2, 0.25) is 0 Å². The Kier molecular flexibility index (Phi) is 4.60. The highest BCUT2D eigenvalue weighted by Gasteiger charge is 2.46. The van der Waals surface area contributed by atoms with Crippen LogP contribution >= 0.6 is 0 Å². The van der Waals surface area contributed by atoms with Crippen molar-refractivity contribution in [3.8, 4) is 0 Å². The molecule has 0 aromatic heterocycles. The second-order valence-electron chi connectivity index (χ2n) is 6.23. The van der Waals surface area contributed by atoms with Crippen molar-refractivity contribution in [3.05, 3.63) is 0 Å². The molecule has 1 saturated heterocycles. The molecule has 1 fully saturated rings. The zero-order chi connectivity index (χ0) is 16.4. The minimum atomic E-state index is -1.08. The molecule has 21 heavy (non-hydrogen) atoms. The lowest BCUT2D eigenvalue weighted by Crippen LogP contribution is -2.52. The monoisotopic (exact) mass is 299 g/mol. The van der Waals surface area contributed by atoms with E-state index < -0.39 is 34.9 Å². The van der Waals surface area contributed by atoms with Gasteiger partial charge in [-0.25, -0.2) is 4.79 Å². The van der Waals surface area contributed by atoms with Gasteiger partial charge in [0.05, 0.1) is 0 Å².